The fraction of sp³-hybridized carbons (Fsp3) is 0.425. The van der Waals surface area contributed by atoms with Crippen molar-refractivity contribution in [3.05, 3.63) is 70.8 Å². The molecule has 0 saturated carbocycles. The minimum atomic E-state index is -1.67. The molecule has 0 fully saturated rings. The van der Waals surface area contributed by atoms with Crippen molar-refractivity contribution >= 4 is 64.4 Å². The van der Waals surface area contributed by atoms with Gasteiger partial charge in [0.1, 0.15) is 47.4 Å². The van der Waals surface area contributed by atoms with E-state index >= 15 is 0 Å². The van der Waals surface area contributed by atoms with Gasteiger partial charge in [0.05, 0.1) is 17.6 Å². The number of hydrogen-bond acceptors (Lipinski definition) is 9. The van der Waals surface area contributed by atoms with Crippen LogP contribution >= 0.6 is 0 Å². The summed E-state index contributed by atoms with van der Waals surface area (Å²) < 4.78 is 57.3. The van der Waals surface area contributed by atoms with Crippen molar-refractivity contribution in [2.24, 2.45) is 17.6 Å². The monoisotopic (exact) mass is 862 g/mol. The van der Waals surface area contributed by atoms with Gasteiger partial charge in [-0.1, -0.05) is 27.7 Å². The Morgan fingerprint density at radius 3 is 1.64 bits per heavy atom. The van der Waals surface area contributed by atoms with E-state index in [1.54, 1.807) is 13.8 Å². The summed E-state index contributed by atoms with van der Waals surface area (Å²) in [5.41, 5.74) is 2.86. The van der Waals surface area contributed by atoms with Gasteiger partial charge < -0.3 is 37.2 Å². The molecule has 1 aliphatic rings. The summed E-state index contributed by atoms with van der Waals surface area (Å²) in [5, 5.41) is 28.1. The van der Waals surface area contributed by atoms with E-state index < -0.39 is 161 Å². The van der Waals surface area contributed by atoms with Gasteiger partial charge in [-0.15, -0.1) is 0 Å². The lowest BCUT2D eigenvalue weighted by Crippen LogP contribution is -2.59. The standard InChI is InChI=1S/C40H46F4N6O11/c1-18(2)14-28(40(60)61)48-36(56)27(17-29(45)51)47-37(57)34(19(3)4)49-35(55)26(11-12-31(53)54)46-30(52)6-5-13-50-38(58)32(22-9-7-20(41)15-24(22)43)33(39(50)59)23-10-8-21(42)16-25(23)44/h7-10,15-16,18-19,26-28,34H,5-6,11-14,17H2,1-4H3,(H2,45,51)(H,46,52)(H,47,57)(H,48,56)(H,49,55)(H,53,54)(H,60,61)/t26-,27-,28-,34-/m0/s1. The maximum atomic E-state index is 14.9. The minimum absolute atomic E-state index is 0.0114. The van der Waals surface area contributed by atoms with Crippen LogP contribution in [0.3, 0.4) is 0 Å². The van der Waals surface area contributed by atoms with Crippen molar-refractivity contribution in [1.82, 2.24) is 26.2 Å². The highest BCUT2D eigenvalue weighted by atomic mass is 19.1. The molecular weight excluding hydrogens is 816 g/mol. The molecule has 0 aromatic heterocycles. The van der Waals surface area contributed by atoms with Crippen LogP contribution in [0, 0.1) is 35.1 Å². The lowest BCUT2D eigenvalue weighted by atomic mass is 9.95. The van der Waals surface area contributed by atoms with Crippen LogP contribution < -0.4 is 27.0 Å². The molecule has 330 valence electrons. The number of carboxylic acids is 2. The van der Waals surface area contributed by atoms with Crippen LogP contribution in [0.4, 0.5) is 17.6 Å². The van der Waals surface area contributed by atoms with E-state index in [0.29, 0.717) is 17.0 Å². The van der Waals surface area contributed by atoms with Crippen LogP contribution in [0.2, 0.25) is 0 Å². The fourth-order valence-electron chi connectivity index (χ4n) is 6.29. The molecule has 2 aromatic carbocycles. The molecule has 61 heavy (non-hydrogen) atoms. The van der Waals surface area contributed by atoms with Gasteiger partial charge >= 0.3 is 11.9 Å². The van der Waals surface area contributed by atoms with E-state index in [-0.39, 0.29) is 18.8 Å². The Kier molecular flexibility index (Phi) is 17.2. The van der Waals surface area contributed by atoms with Crippen LogP contribution in [0.5, 0.6) is 0 Å². The Hall–Kier alpha value is -6.67. The molecule has 17 nitrogen and oxygen atoms in total. The van der Waals surface area contributed by atoms with E-state index in [1.807, 2.05) is 0 Å². The van der Waals surface area contributed by atoms with Gasteiger partial charge in [-0.05, 0) is 55.4 Å². The first kappa shape index (κ1) is 48.7. The van der Waals surface area contributed by atoms with Crippen molar-refractivity contribution in [2.45, 2.75) is 90.4 Å². The van der Waals surface area contributed by atoms with Crippen LogP contribution in [-0.4, -0.2) is 99.1 Å². The molecule has 2 aromatic rings. The quantitative estimate of drug-likeness (QED) is 0.0662. The third kappa shape index (κ3) is 13.4. The Balaban J connectivity index is 1.76. The lowest BCUT2D eigenvalue weighted by molar-refractivity contribution is -0.143. The summed E-state index contributed by atoms with van der Waals surface area (Å²) in [6.07, 6.45) is -2.70. The number of amides is 7. The van der Waals surface area contributed by atoms with Crippen LogP contribution in [0.15, 0.2) is 36.4 Å². The number of aliphatic carboxylic acids is 2. The average Bonchev–Trinajstić information content (AvgIpc) is 3.38. The van der Waals surface area contributed by atoms with E-state index in [1.165, 1.54) is 13.8 Å². The second-order valence-corrected chi connectivity index (χ2v) is 14.9. The Bertz CT molecular complexity index is 2040. The highest BCUT2D eigenvalue weighted by molar-refractivity contribution is 6.49. The molecule has 4 atom stereocenters. The molecular formula is C40H46F4N6O11. The topological polar surface area (TPSA) is 271 Å². The van der Waals surface area contributed by atoms with Gasteiger partial charge in [-0.3, -0.25) is 43.3 Å². The molecule has 0 radical (unpaired) electrons. The summed E-state index contributed by atoms with van der Waals surface area (Å²) in [6, 6.07) is -1.90. The van der Waals surface area contributed by atoms with Crippen LogP contribution in [0.25, 0.3) is 11.1 Å². The Labute approximate surface area is 346 Å². The fourth-order valence-corrected chi connectivity index (χ4v) is 6.29. The zero-order valence-electron chi connectivity index (χ0n) is 33.5. The summed E-state index contributed by atoms with van der Waals surface area (Å²) in [4.78, 5) is 116. The predicted octanol–water partition coefficient (Wildman–Crippen LogP) is 1.77. The van der Waals surface area contributed by atoms with Crippen molar-refractivity contribution in [1.29, 1.82) is 0 Å². The third-order valence-corrected chi connectivity index (χ3v) is 9.26. The minimum Gasteiger partial charge on any atom is -0.481 e. The number of carbonyl (C=O) groups is 9. The molecule has 0 aliphatic carbocycles. The molecule has 0 spiro atoms. The molecule has 7 amide bonds. The first-order chi connectivity index (χ1) is 28.5. The highest BCUT2D eigenvalue weighted by Gasteiger charge is 2.41. The maximum absolute atomic E-state index is 14.9. The number of carboxylic acid groups (broad SMARTS) is 2. The highest BCUT2D eigenvalue weighted by Crippen LogP contribution is 2.38. The number of carbonyl (C=O) groups excluding carboxylic acids is 7. The van der Waals surface area contributed by atoms with Crippen molar-refractivity contribution in [3.8, 4) is 0 Å². The van der Waals surface area contributed by atoms with Crippen molar-refractivity contribution in [2.75, 3.05) is 6.54 Å². The average molecular weight is 863 g/mol. The maximum Gasteiger partial charge on any atom is 0.326 e. The number of nitrogens with zero attached hydrogens (tertiary/aromatic N) is 1. The van der Waals surface area contributed by atoms with Gasteiger partial charge in [-0.2, -0.15) is 0 Å². The number of hydrogen-bond donors (Lipinski definition) is 7. The summed E-state index contributed by atoms with van der Waals surface area (Å²) in [5.74, 6) is -15.5. The van der Waals surface area contributed by atoms with Crippen LogP contribution in [0.1, 0.15) is 77.3 Å². The number of nitrogens with two attached hydrogens (primary N) is 1. The molecule has 8 N–H and O–H groups in total. The second kappa shape index (κ2) is 21.5. The summed E-state index contributed by atoms with van der Waals surface area (Å²) in [7, 11) is 0. The van der Waals surface area contributed by atoms with Gasteiger partial charge in [0.15, 0.2) is 0 Å². The third-order valence-electron chi connectivity index (χ3n) is 9.26. The van der Waals surface area contributed by atoms with E-state index in [9.17, 15) is 70.9 Å². The lowest BCUT2D eigenvalue weighted by Gasteiger charge is -2.27. The number of halogens is 4. The van der Waals surface area contributed by atoms with E-state index in [2.05, 4.69) is 21.3 Å². The SMILES string of the molecule is CC(C)C[C@H](NC(=O)[C@H](CC(N)=O)NC(=O)[C@@H](NC(=O)[C@H](CCC(=O)O)NC(=O)CCCN1C(=O)C(c2ccc(F)cc2F)=C(c2ccc(F)cc2F)C1=O)C(C)C)C(=O)O. The summed E-state index contributed by atoms with van der Waals surface area (Å²) >= 11 is 0. The van der Waals surface area contributed by atoms with Gasteiger partial charge in [-0.25, -0.2) is 22.4 Å². The number of benzene rings is 2. The number of rotatable bonds is 22. The van der Waals surface area contributed by atoms with Gasteiger partial charge in [0.2, 0.25) is 29.5 Å². The van der Waals surface area contributed by atoms with E-state index in [0.717, 1.165) is 24.3 Å². The Morgan fingerprint density at radius 1 is 0.689 bits per heavy atom. The molecule has 1 heterocycles. The normalized spacial score (nSPS) is 14.7. The van der Waals surface area contributed by atoms with Gasteiger partial charge in [0, 0.05) is 42.6 Å². The zero-order chi connectivity index (χ0) is 45.9. The van der Waals surface area contributed by atoms with E-state index in [4.69, 9.17) is 5.73 Å². The number of imide groups is 1. The largest absolute Gasteiger partial charge is 0.481 e. The number of nitrogens with one attached hydrogen (secondary N) is 4. The molecule has 21 heteroatoms. The van der Waals surface area contributed by atoms with Crippen LogP contribution in [-0.2, 0) is 43.2 Å². The second-order valence-electron chi connectivity index (χ2n) is 14.9. The Morgan fingerprint density at radius 2 is 1.20 bits per heavy atom. The molecule has 0 saturated heterocycles. The van der Waals surface area contributed by atoms with Crippen molar-refractivity contribution < 1.29 is 70.9 Å². The molecule has 3 rings (SSSR count). The number of primary amides is 1. The predicted molar refractivity (Wildman–Crippen MR) is 206 cm³/mol. The molecule has 0 unspecified atom stereocenters. The first-order valence-electron chi connectivity index (χ1n) is 19.0. The first-order valence-corrected chi connectivity index (χ1v) is 19.0. The van der Waals surface area contributed by atoms with Gasteiger partial charge in [0.25, 0.3) is 11.8 Å². The summed E-state index contributed by atoms with van der Waals surface area (Å²) in [6.45, 7) is 5.86. The zero-order valence-corrected chi connectivity index (χ0v) is 33.5. The smallest absolute Gasteiger partial charge is 0.326 e. The van der Waals surface area contributed by atoms with Crippen molar-refractivity contribution in [3.63, 3.8) is 0 Å². The molecule has 0 bridgehead atoms. The molecule has 1 aliphatic heterocycles.